The molecule has 27 heavy (non-hydrogen) atoms. The molecule has 1 atom stereocenters. The van der Waals surface area contributed by atoms with E-state index in [2.05, 4.69) is 9.47 Å². The van der Waals surface area contributed by atoms with Gasteiger partial charge < -0.3 is 10.3 Å². The number of primary amides is 1. The van der Waals surface area contributed by atoms with E-state index >= 15 is 0 Å². The minimum Gasteiger partial charge on any atom is -0.369 e. The van der Waals surface area contributed by atoms with Gasteiger partial charge in [0, 0.05) is 33.6 Å². The predicted octanol–water partition coefficient (Wildman–Crippen LogP) is 3.52. The van der Waals surface area contributed by atoms with Crippen molar-refractivity contribution >= 4 is 23.3 Å². The Labute approximate surface area is 165 Å². The largest absolute Gasteiger partial charge is 0.369 e. The van der Waals surface area contributed by atoms with Crippen LogP contribution in [0.3, 0.4) is 0 Å². The normalized spacial score (nSPS) is 17.0. The van der Waals surface area contributed by atoms with Gasteiger partial charge in [-0.2, -0.15) is 0 Å². The number of hydrogen-bond acceptors (Lipinski definition) is 3. The van der Waals surface area contributed by atoms with Crippen LogP contribution in [0, 0.1) is 19.8 Å². The SMILES string of the molecule is Cc1cc(C(=O)[C@H](C)N2CCC(C(N)=O)CC2)c(C)n1-c1ccc(Cl)cc1. The van der Waals surface area contributed by atoms with Crippen molar-refractivity contribution in [3.05, 3.63) is 52.3 Å². The Morgan fingerprint density at radius 3 is 2.30 bits per heavy atom. The quantitative estimate of drug-likeness (QED) is 0.798. The van der Waals surface area contributed by atoms with Gasteiger partial charge in [-0.05, 0) is 77.0 Å². The fourth-order valence-electron chi connectivity index (χ4n) is 3.96. The van der Waals surface area contributed by atoms with Crippen molar-refractivity contribution in [3.63, 3.8) is 0 Å². The number of likely N-dealkylation sites (tertiary alicyclic amines) is 1. The molecule has 0 saturated carbocycles. The molecule has 3 rings (SSSR count). The molecule has 1 amide bonds. The molecule has 2 N–H and O–H groups in total. The van der Waals surface area contributed by atoms with Gasteiger partial charge in [-0.25, -0.2) is 0 Å². The number of aromatic nitrogens is 1. The highest BCUT2D eigenvalue weighted by Crippen LogP contribution is 2.25. The molecule has 0 spiro atoms. The molecule has 5 nitrogen and oxygen atoms in total. The molecule has 0 unspecified atom stereocenters. The molecule has 1 saturated heterocycles. The van der Waals surface area contributed by atoms with Gasteiger partial charge in [0.15, 0.2) is 5.78 Å². The third-order valence-electron chi connectivity index (χ3n) is 5.64. The minimum atomic E-state index is -0.236. The van der Waals surface area contributed by atoms with E-state index in [9.17, 15) is 9.59 Å². The number of ketones is 1. The molecule has 2 heterocycles. The maximum absolute atomic E-state index is 13.2. The van der Waals surface area contributed by atoms with Crippen LogP contribution in [0.4, 0.5) is 0 Å². The van der Waals surface area contributed by atoms with Crippen molar-refractivity contribution in [3.8, 4) is 5.69 Å². The van der Waals surface area contributed by atoms with Crippen molar-refractivity contribution in [1.29, 1.82) is 0 Å². The number of nitrogens with two attached hydrogens (primary N) is 1. The molecule has 0 radical (unpaired) electrons. The topological polar surface area (TPSA) is 68.3 Å². The van der Waals surface area contributed by atoms with Crippen LogP contribution in [-0.2, 0) is 4.79 Å². The molecular weight excluding hydrogens is 362 g/mol. The second kappa shape index (κ2) is 7.87. The molecule has 1 aromatic heterocycles. The zero-order chi connectivity index (χ0) is 19.7. The summed E-state index contributed by atoms with van der Waals surface area (Å²) < 4.78 is 2.08. The van der Waals surface area contributed by atoms with Crippen LogP contribution in [0.25, 0.3) is 5.69 Å². The average molecular weight is 388 g/mol. The third kappa shape index (κ3) is 3.94. The molecule has 144 valence electrons. The number of carbonyl (C=O) groups excluding carboxylic acids is 2. The first-order valence-corrected chi connectivity index (χ1v) is 9.70. The minimum absolute atomic E-state index is 0.0708. The van der Waals surface area contributed by atoms with Crippen molar-refractivity contribution in [2.75, 3.05) is 13.1 Å². The fraction of sp³-hybridized carbons (Fsp3) is 0.429. The van der Waals surface area contributed by atoms with Crippen molar-refractivity contribution < 1.29 is 9.59 Å². The van der Waals surface area contributed by atoms with Gasteiger partial charge in [0.2, 0.25) is 5.91 Å². The number of nitrogens with zero attached hydrogens (tertiary/aromatic N) is 2. The highest BCUT2D eigenvalue weighted by molar-refractivity contribution is 6.30. The van der Waals surface area contributed by atoms with E-state index in [0.29, 0.717) is 5.02 Å². The van der Waals surface area contributed by atoms with Gasteiger partial charge in [-0.1, -0.05) is 11.6 Å². The summed E-state index contributed by atoms with van der Waals surface area (Å²) in [5.74, 6) is -0.195. The Morgan fingerprint density at radius 2 is 1.74 bits per heavy atom. The third-order valence-corrected chi connectivity index (χ3v) is 5.89. The Hall–Kier alpha value is -2.11. The van der Waals surface area contributed by atoms with E-state index in [-0.39, 0.29) is 23.7 Å². The Bertz CT molecular complexity index is 849. The lowest BCUT2D eigenvalue weighted by atomic mass is 9.94. The molecule has 1 fully saturated rings. The van der Waals surface area contributed by atoms with Crippen LogP contribution in [0.15, 0.2) is 30.3 Å². The van der Waals surface area contributed by atoms with Crippen molar-refractivity contribution in [2.24, 2.45) is 11.7 Å². The summed E-state index contributed by atoms with van der Waals surface area (Å²) in [6.07, 6.45) is 1.44. The summed E-state index contributed by atoms with van der Waals surface area (Å²) in [6.45, 7) is 7.36. The number of rotatable bonds is 5. The van der Waals surface area contributed by atoms with Crippen LogP contribution in [-0.4, -0.2) is 40.3 Å². The molecule has 1 aliphatic rings. The second-order valence-corrected chi connectivity index (χ2v) is 7.79. The van der Waals surface area contributed by atoms with Crippen LogP contribution < -0.4 is 5.73 Å². The van der Waals surface area contributed by atoms with Crippen molar-refractivity contribution in [1.82, 2.24) is 9.47 Å². The standard InChI is InChI=1S/C21H26ClN3O2/c1-13-12-19(14(2)25(13)18-6-4-17(22)5-7-18)20(26)15(3)24-10-8-16(9-11-24)21(23)27/h4-7,12,15-16H,8-11H2,1-3H3,(H2,23,27)/t15-/m0/s1. The van der Waals surface area contributed by atoms with Crippen LogP contribution in [0.1, 0.15) is 41.5 Å². The van der Waals surface area contributed by atoms with Gasteiger partial charge in [0.1, 0.15) is 0 Å². The van der Waals surface area contributed by atoms with Gasteiger partial charge in [0.25, 0.3) is 0 Å². The Morgan fingerprint density at radius 1 is 1.15 bits per heavy atom. The number of Topliss-reactive ketones (excluding diaryl/α,β-unsaturated/α-hetero) is 1. The highest BCUT2D eigenvalue weighted by atomic mass is 35.5. The summed E-state index contributed by atoms with van der Waals surface area (Å²) in [6, 6.07) is 9.34. The fourth-order valence-corrected chi connectivity index (χ4v) is 4.09. The Balaban J connectivity index is 1.80. The zero-order valence-electron chi connectivity index (χ0n) is 16.0. The molecule has 0 aliphatic carbocycles. The number of hydrogen-bond donors (Lipinski definition) is 1. The summed E-state index contributed by atoms with van der Waals surface area (Å²) in [7, 11) is 0. The van der Waals surface area contributed by atoms with Crippen molar-refractivity contribution in [2.45, 2.75) is 39.7 Å². The second-order valence-electron chi connectivity index (χ2n) is 7.35. The molecular formula is C21H26ClN3O2. The number of amides is 1. The number of aryl methyl sites for hydroxylation is 1. The van der Waals surface area contributed by atoms with E-state index < -0.39 is 0 Å². The zero-order valence-corrected chi connectivity index (χ0v) is 16.8. The van der Waals surface area contributed by atoms with Gasteiger partial charge in [-0.15, -0.1) is 0 Å². The number of carbonyl (C=O) groups is 2. The van der Waals surface area contributed by atoms with E-state index in [4.69, 9.17) is 17.3 Å². The van der Waals surface area contributed by atoms with Crippen LogP contribution >= 0.6 is 11.6 Å². The lowest BCUT2D eigenvalue weighted by Crippen LogP contribution is -2.46. The van der Waals surface area contributed by atoms with E-state index in [1.807, 2.05) is 51.1 Å². The maximum atomic E-state index is 13.2. The number of halogens is 1. The number of benzene rings is 1. The van der Waals surface area contributed by atoms with Gasteiger partial charge in [-0.3, -0.25) is 14.5 Å². The summed E-state index contributed by atoms with van der Waals surface area (Å²) in [5, 5.41) is 0.686. The molecule has 1 aliphatic heterocycles. The van der Waals surface area contributed by atoms with E-state index in [1.54, 1.807) is 0 Å². The monoisotopic (exact) mass is 387 g/mol. The molecule has 1 aromatic carbocycles. The predicted molar refractivity (Wildman–Crippen MR) is 108 cm³/mol. The first-order valence-electron chi connectivity index (χ1n) is 9.32. The van der Waals surface area contributed by atoms with Crippen LogP contribution in [0.2, 0.25) is 5.02 Å². The van der Waals surface area contributed by atoms with Gasteiger partial charge in [0.05, 0.1) is 6.04 Å². The maximum Gasteiger partial charge on any atom is 0.220 e. The lowest BCUT2D eigenvalue weighted by Gasteiger charge is -2.34. The Kier molecular flexibility index (Phi) is 5.72. The lowest BCUT2D eigenvalue weighted by molar-refractivity contribution is -0.123. The summed E-state index contributed by atoms with van der Waals surface area (Å²) >= 11 is 5.99. The van der Waals surface area contributed by atoms with Gasteiger partial charge >= 0.3 is 0 Å². The van der Waals surface area contributed by atoms with E-state index in [0.717, 1.165) is 48.6 Å². The van der Waals surface area contributed by atoms with E-state index in [1.165, 1.54) is 0 Å². The average Bonchev–Trinajstić information content (AvgIpc) is 2.95. The molecule has 6 heteroatoms. The number of piperidine rings is 1. The summed E-state index contributed by atoms with van der Waals surface area (Å²) in [4.78, 5) is 26.7. The highest BCUT2D eigenvalue weighted by Gasteiger charge is 2.30. The molecule has 2 aromatic rings. The first kappa shape index (κ1) is 19.6. The smallest absolute Gasteiger partial charge is 0.220 e. The summed E-state index contributed by atoms with van der Waals surface area (Å²) in [5.41, 5.74) is 9.08. The first-order chi connectivity index (χ1) is 12.8. The molecule has 0 bridgehead atoms. The van der Waals surface area contributed by atoms with Crippen LogP contribution in [0.5, 0.6) is 0 Å².